The summed E-state index contributed by atoms with van der Waals surface area (Å²) in [6.45, 7) is 8.42. The third-order valence-corrected chi connectivity index (χ3v) is 8.71. The van der Waals surface area contributed by atoms with Crippen molar-refractivity contribution in [3.05, 3.63) is 69.5 Å². The number of fused-ring (bicyclic) bond motifs is 1. The zero-order valence-corrected chi connectivity index (χ0v) is 21.7. The van der Waals surface area contributed by atoms with Crippen molar-refractivity contribution in [1.82, 2.24) is 8.87 Å². The highest BCUT2D eigenvalue weighted by molar-refractivity contribution is 7.89. The van der Waals surface area contributed by atoms with Crippen molar-refractivity contribution in [2.75, 3.05) is 13.1 Å². The summed E-state index contributed by atoms with van der Waals surface area (Å²) >= 11 is 13.8. The molecule has 0 N–H and O–H groups in total. The number of nitrogens with zero attached hydrogens (tertiary/aromatic N) is 3. The van der Waals surface area contributed by atoms with Crippen molar-refractivity contribution < 1.29 is 17.9 Å². The van der Waals surface area contributed by atoms with Crippen LogP contribution in [-0.4, -0.2) is 48.5 Å². The number of amides is 1. The number of allylic oxidation sites excluding steroid dienone is 1. The quantitative estimate of drug-likeness (QED) is 0.438. The number of halogens is 2. The van der Waals surface area contributed by atoms with Gasteiger partial charge in [-0.15, -0.1) is 6.58 Å². The first-order valence-electron chi connectivity index (χ1n) is 10.5. The minimum Gasteiger partial charge on any atom is -0.373 e. The number of thiazole rings is 1. The fraction of sp³-hybridized carbons (Fsp3) is 0.304. The Morgan fingerprint density at radius 2 is 1.85 bits per heavy atom. The fourth-order valence-electron chi connectivity index (χ4n) is 3.91. The van der Waals surface area contributed by atoms with E-state index < -0.39 is 15.9 Å². The Morgan fingerprint density at radius 3 is 2.47 bits per heavy atom. The largest absolute Gasteiger partial charge is 0.373 e. The number of ether oxygens (including phenoxy) is 1. The molecule has 34 heavy (non-hydrogen) atoms. The lowest BCUT2D eigenvalue weighted by Gasteiger charge is -2.34. The van der Waals surface area contributed by atoms with E-state index >= 15 is 0 Å². The molecular formula is C23H23Cl2N3O4S2. The number of rotatable bonds is 5. The Balaban J connectivity index is 1.66. The summed E-state index contributed by atoms with van der Waals surface area (Å²) in [5.74, 6) is -0.496. The highest BCUT2D eigenvalue weighted by atomic mass is 35.5. The number of carbonyl (C=O) groups is 1. The van der Waals surface area contributed by atoms with Crippen LogP contribution in [0.3, 0.4) is 0 Å². The predicted octanol–water partition coefficient (Wildman–Crippen LogP) is 4.73. The molecule has 11 heteroatoms. The lowest BCUT2D eigenvalue weighted by Crippen LogP contribution is -2.48. The first-order valence-corrected chi connectivity index (χ1v) is 13.6. The van der Waals surface area contributed by atoms with Crippen LogP contribution in [0.5, 0.6) is 0 Å². The SMILES string of the molecule is C=CCn1c(=NC(=O)c2ccc(S(=O)(=O)N3CC(C)OC(C)C3)cc2)sc2cc(Cl)cc(Cl)c21. The molecule has 1 aliphatic rings. The van der Waals surface area contributed by atoms with E-state index in [4.69, 9.17) is 27.9 Å². The van der Waals surface area contributed by atoms with E-state index in [1.807, 2.05) is 13.8 Å². The van der Waals surface area contributed by atoms with Gasteiger partial charge in [-0.25, -0.2) is 8.42 Å². The molecule has 7 nitrogen and oxygen atoms in total. The number of carbonyl (C=O) groups excluding carboxylic acids is 1. The second-order valence-corrected chi connectivity index (χ2v) is 11.8. The van der Waals surface area contributed by atoms with Crippen molar-refractivity contribution in [3.63, 3.8) is 0 Å². The average molecular weight is 540 g/mol. The van der Waals surface area contributed by atoms with Crippen molar-refractivity contribution in [3.8, 4) is 0 Å². The van der Waals surface area contributed by atoms with Crippen LogP contribution in [0.15, 0.2) is 58.9 Å². The Kier molecular flexibility index (Phi) is 7.33. The molecule has 1 amide bonds. The number of benzene rings is 2. The van der Waals surface area contributed by atoms with Gasteiger partial charge in [0, 0.05) is 30.2 Å². The monoisotopic (exact) mass is 539 g/mol. The Hall–Kier alpha value is -2.01. The van der Waals surface area contributed by atoms with E-state index in [1.165, 1.54) is 39.9 Å². The van der Waals surface area contributed by atoms with Crippen LogP contribution in [0.1, 0.15) is 24.2 Å². The molecule has 1 saturated heterocycles. The van der Waals surface area contributed by atoms with Crippen LogP contribution in [0, 0.1) is 0 Å². The van der Waals surface area contributed by atoms with Crippen molar-refractivity contribution >= 4 is 60.7 Å². The lowest BCUT2D eigenvalue weighted by atomic mass is 10.2. The van der Waals surface area contributed by atoms with E-state index in [-0.39, 0.29) is 35.8 Å². The summed E-state index contributed by atoms with van der Waals surface area (Å²) in [7, 11) is -3.70. The maximum atomic E-state index is 13.1. The molecule has 1 fully saturated rings. The number of sulfonamides is 1. The highest BCUT2D eigenvalue weighted by Crippen LogP contribution is 2.30. The van der Waals surface area contributed by atoms with E-state index in [0.717, 1.165) is 10.2 Å². The summed E-state index contributed by atoms with van der Waals surface area (Å²) < 4.78 is 35.7. The molecule has 2 unspecified atom stereocenters. The molecule has 2 atom stereocenters. The third-order valence-electron chi connectivity index (χ3n) is 5.33. The zero-order chi connectivity index (χ0) is 24.6. The van der Waals surface area contributed by atoms with Crippen molar-refractivity contribution in [2.45, 2.75) is 37.5 Å². The Bertz CT molecular complexity index is 1420. The Morgan fingerprint density at radius 1 is 1.21 bits per heavy atom. The minimum absolute atomic E-state index is 0.121. The third kappa shape index (κ3) is 5.00. The molecule has 1 aliphatic heterocycles. The zero-order valence-electron chi connectivity index (χ0n) is 18.6. The van der Waals surface area contributed by atoms with E-state index in [2.05, 4.69) is 11.6 Å². The van der Waals surface area contributed by atoms with Crippen molar-refractivity contribution in [2.24, 2.45) is 4.99 Å². The molecule has 0 bridgehead atoms. The topological polar surface area (TPSA) is 81.0 Å². The summed E-state index contributed by atoms with van der Waals surface area (Å²) in [6.07, 6.45) is 1.31. The number of morpholine rings is 1. The first kappa shape index (κ1) is 25.1. The normalized spacial score (nSPS) is 20.1. The molecule has 3 aromatic rings. The summed E-state index contributed by atoms with van der Waals surface area (Å²) in [6, 6.07) is 9.22. The smallest absolute Gasteiger partial charge is 0.279 e. The van der Waals surface area contributed by atoms with Crippen LogP contribution >= 0.6 is 34.5 Å². The standard InChI is InChI=1S/C23H23Cl2N3O4S2/c1-4-9-28-21-19(25)10-17(24)11-20(21)33-23(28)26-22(29)16-5-7-18(8-6-16)34(30,31)27-12-14(2)32-15(3)13-27/h4-8,10-11,14-15H,1,9,12-13H2,2-3H3. The maximum absolute atomic E-state index is 13.1. The van der Waals surface area contributed by atoms with Gasteiger partial charge in [0.15, 0.2) is 4.80 Å². The second-order valence-electron chi connectivity index (χ2n) is 8.04. The molecular weight excluding hydrogens is 517 g/mol. The highest BCUT2D eigenvalue weighted by Gasteiger charge is 2.32. The van der Waals surface area contributed by atoms with Crippen LogP contribution in [-0.2, 0) is 21.3 Å². The van der Waals surface area contributed by atoms with Gasteiger partial charge in [-0.3, -0.25) is 4.79 Å². The van der Waals surface area contributed by atoms with Crippen LogP contribution < -0.4 is 4.80 Å². The van der Waals surface area contributed by atoms with Gasteiger partial charge in [0.2, 0.25) is 10.0 Å². The molecule has 0 saturated carbocycles. The number of hydrogen-bond acceptors (Lipinski definition) is 5. The molecule has 0 aliphatic carbocycles. The van der Waals surface area contributed by atoms with E-state index in [0.29, 0.717) is 21.4 Å². The number of hydrogen-bond donors (Lipinski definition) is 0. The van der Waals surface area contributed by atoms with Gasteiger partial charge in [0.1, 0.15) is 0 Å². The summed E-state index contributed by atoms with van der Waals surface area (Å²) in [5.41, 5.74) is 0.993. The van der Waals surface area contributed by atoms with Crippen LogP contribution in [0.2, 0.25) is 10.0 Å². The maximum Gasteiger partial charge on any atom is 0.279 e. The molecule has 4 rings (SSSR count). The van der Waals surface area contributed by atoms with Gasteiger partial charge in [-0.2, -0.15) is 9.30 Å². The molecule has 180 valence electrons. The molecule has 0 spiro atoms. The first-order chi connectivity index (χ1) is 16.1. The van der Waals surface area contributed by atoms with Gasteiger partial charge in [0.25, 0.3) is 5.91 Å². The second kappa shape index (κ2) is 9.93. The van der Waals surface area contributed by atoms with Gasteiger partial charge in [0.05, 0.1) is 32.3 Å². The van der Waals surface area contributed by atoms with E-state index in [9.17, 15) is 13.2 Å². The number of aromatic nitrogens is 1. The van der Waals surface area contributed by atoms with Crippen LogP contribution in [0.4, 0.5) is 0 Å². The molecule has 1 aromatic heterocycles. The van der Waals surface area contributed by atoms with E-state index in [1.54, 1.807) is 22.8 Å². The Labute approximate surface area is 211 Å². The van der Waals surface area contributed by atoms with Gasteiger partial charge < -0.3 is 9.30 Å². The van der Waals surface area contributed by atoms with Crippen LogP contribution in [0.25, 0.3) is 10.2 Å². The summed E-state index contributed by atoms with van der Waals surface area (Å²) in [5, 5.41) is 0.944. The average Bonchev–Trinajstić information content (AvgIpc) is 3.10. The summed E-state index contributed by atoms with van der Waals surface area (Å²) in [4.78, 5) is 17.7. The van der Waals surface area contributed by atoms with Gasteiger partial charge in [-0.1, -0.05) is 40.6 Å². The van der Waals surface area contributed by atoms with Gasteiger partial charge in [-0.05, 0) is 50.2 Å². The molecule has 2 heterocycles. The molecule has 0 radical (unpaired) electrons. The van der Waals surface area contributed by atoms with Gasteiger partial charge >= 0.3 is 0 Å². The molecule has 2 aromatic carbocycles. The predicted molar refractivity (Wildman–Crippen MR) is 135 cm³/mol. The minimum atomic E-state index is -3.70. The lowest BCUT2D eigenvalue weighted by molar-refractivity contribution is -0.0440. The van der Waals surface area contributed by atoms with Crippen molar-refractivity contribution in [1.29, 1.82) is 0 Å². The fourth-order valence-corrected chi connectivity index (χ4v) is 7.32.